The largest absolute Gasteiger partial charge is 0.341 e. The molecule has 1 aromatic rings. The van der Waals surface area contributed by atoms with Crippen LogP contribution in [0.3, 0.4) is 0 Å². The second-order valence-electron chi connectivity index (χ2n) is 3.90. The molecule has 0 unspecified atom stereocenters. The number of hydrogen-bond acceptors (Lipinski definition) is 3. The molecule has 3 nitrogen and oxygen atoms in total. The number of aromatic nitrogens is 2. The Morgan fingerprint density at radius 3 is 2.00 bits per heavy atom. The summed E-state index contributed by atoms with van der Waals surface area (Å²) in [4.78, 5) is 11.0. The first-order valence-corrected chi connectivity index (χ1v) is 6.79. The van der Waals surface area contributed by atoms with Crippen molar-refractivity contribution in [1.29, 1.82) is 0 Å². The minimum Gasteiger partial charge on any atom is -0.341 e. The van der Waals surface area contributed by atoms with Gasteiger partial charge in [0.2, 0.25) is 5.95 Å². The number of halogens is 1. The highest BCUT2D eigenvalue weighted by Crippen LogP contribution is 2.12. The number of anilines is 1. The van der Waals surface area contributed by atoms with Crippen molar-refractivity contribution in [3.63, 3.8) is 0 Å². The summed E-state index contributed by atoms with van der Waals surface area (Å²) >= 11 is 3.36. The van der Waals surface area contributed by atoms with Gasteiger partial charge in [0.15, 0.2) is 0 Å². The van der Waals surface area contributed by atoms with Gasteiger partial charge in [0.05, 0.1) is 4.47 Å². The van der Waals surface area contributed by atoms with E-state index >= 15 is 0 Å². The summed E-state index contributed by atoms with van der Waals surface area (Å²) in [6.45, 7) is 6.52. The van der Waals surface area contributed by atoms with Crippen LogP contribution in [-0.4, -0.2) is 23.1 Å². The minimum atomic E-state index is 0.852. The average molecular weight is 286 g/mol. The van der Waals surface area contributed by atoms with E-state index in [1.165, 1.54) is 25.7 Å². The lowest BCUT2D eigenvalue weighted by atomic mass is 10.3. The maximum atomic E-state index is 4.35. The van der Waals surface area contributed by atoms with Gasteiger partial charge >= 0.3 is 0 Å². The molecule has 0 radical (unpaired) electrons. The van der Waals surface area contributed by atoms with Crippen LogP contribution in [0.1, 0.15) is 39.5 Å². The highest BCUT2D eigenvalue weighted by Gasteiger charge is 2.07. The summed E-state index contributed by atoms with van der Waals surface area (Å²) in [7, 11) is 0. The van der Waals surface area contributed by atoms with Gasteiger partial charge in [-0.25, -0.2) is 9.97 Å². The third-order valence-electron chi connectivity index (χ3n) is 2.45. The molecule has 1 heterocycles. The third-order valence-corrected chi connectivity index (χ3v) is 2.86. The van der Waals surface area contributed by atoms with Gasteiger partial charge in [0, 0.05) is 25.5 Å². The summed E-state index contributed by atoms with van der Waals surface area (Å²) in [5.41, 5.74) is 0. The molecule has 1 aromatic heterocycles. The van der Waals surface area contributed by atoms with Crippen molar-refractivity contribution in [3.8, 4) is 0 Å². The normalized spacial score (nSPS) is 10.4. The van der Waals surface area contributed by atoms with Crippen molar-refractivity contribution in [2.24, 2.45) is 0 Å². The molecule has 0 amide bonds. The van der Waals surface area contributed by atoms with E-state index in [4.69, 9.17) is 0 Å². The highest BCUT2D eigenvalue weighted by atomic mass is 79.9. The number of hydrogen-bond donors (Lipinski definition) is 0. The Hall–Kier alpha value is -0.640. The van der Waals surface area contributed by atoms with Gasteiger partial charge in [0.25, 0.3) is 0 Å². The highest BCUT2D eigenvalue weighted by molar-refractivity contribution is 9.10. The second kappa shape index (κ2) is 7.60. The predicted molar refractivity (Wildman–Crippen MR) is 71.8 cm³/mol. The van der Waals surface area contributed by atoms with Gasteiger partial charge in [-0.2, -0.15) is 0 Å². The van der Waals surface area contributed by atoms with Gasteiger partial charge in [0.1, 0.15) is 0 Å². The van der Waals surface area contributed by atoms with Gasteiger partial charge in [-0.15, -0.1) is 0 Å². The molecule has 0 aromatic carbocycles. The van der Waals surface area contributed by atoms with E-state index in [2.05, 4.69) is 44.6 Å². The molecule has 0 spiro atoms. The molecular formula is C12H20BrN3. The lowest BCUT2D eigenvalue weighted by Gasteiger charge is -2.21. The van der Waals surface area contributed by atoms with Crippen LogP contribution in [-0.2, 0) is 0 Å². The fraction of sp³-hybridized carbons (Fsp3) is 0.667. The predicted octanol–water partition coefficient (Wildman–Crippen LogP) is 3.65. The Labute approximate surface area is 106 Å². The first-order chi connectivity index (χ1) is 7.77. The first kappa shape index (κ1) is 13.4. The van der Waals surface area contributed by atoms with Crippen molar-refractivity contribution in [1.82, 2.24) is 9.97 Å². The standard InChI is InChI=1S/C12H20BrN3/c1-3-5-7-16(8-6-4-2)12-14-9-11(13)10-15-12/h9-10H,3-8H2,1-2H3. The summed E-state index contributed by atoms with van der Waals surface area (Å²) in [6, 6.07) is 0. The van der Waals surface area contributed by atoms with Crippen molar-refractivity contribution >= 4 is 21.9 Å². The number of rotatable bonds is 7. The number of nitrogens with zero attached hydrogens (tertiary/aromatic N) is 3. The van der Waals surface area contributed by atoms with E-state index < -0.39 is 0 Å². The maximum absolute atomic E-state index is 4.35. The van der Waals surface area contributed by atoms with E-state index in [9.17, 15) is 0 Å². The summed E-state index contributed by atoms with van der Waals surface area (Å²) in [5.74, 6) is 0.852. The first-order valence-electron chi connectivity index (χ1n) is 6.00. The molecule has 1 rings (SSSR count). The van der Waals surface area contributed by atoms with Gasteiger partial charge in [-0.1, -0.05) is 26.7 Å². The molecule has 0 fully saturated rings. The topological polar surface area (TPSA) is 29.0 Å². The van der Waals surface area contributed by atoms with E-state index in [0.29, 0.717) is 0 Å². The minimum absolute atomic E-state index is 0.852. The van der Waals surface area contributed by atoms with Crippen LogP contribution in [0.4, 0.5) is 5.95 Å². The van der Waals surface area contributed by atoms with E-state index in [1.54, 1.807) is 0 Å². The van der Waals surface area contributed by atoms with Crippen LogP contribution in [0, 0.1) is 0 Å². The zero-order chi connectivity index (χ0) is 11.8. The lowest BCUT2D eigenvalue weighted by Crippen LogP contribution is -2.27. The maximum Gasteiger partial charge on any atom is 0.225 e. The van der Waals surface area contributed by atoms with E-state index in [0.717, 1.165) is 23.5 Å². The monoisotopic (exact) mass is 285 g/mol. The van der Waals surface area contributed by atoms with Crippen LogP contribution < -0.4 is 4.90 Å². The molecule has 0 N–H and O–H groups in total. The van der Waals surface area contributed by atoms with Crippen LogP contribution in [0.25, 0.3) is 0 Å². The summed E-state index contributed by atoms with van der Waals surface area (Å²) in [6.07, 6.45) is 8.44. The zero-order valence-electron chi connectivity index (χ0n) is 10.1. The van der Waals surface area contributed by atoms with Crippen molar-refractivity contribution in [2.45, 2.75) is 39.5 Å². The van der Waals surface area contributed by atoms with E-state index in [1.807, 2.05) is 12.4 Å². The van der Waals surface area contributed by atoms with Crippen molar-refractivity contribution < 1.29 is 0 Å². The fourth-order valence-corrected chi connectivity index (χ4v) is 1.68. The summed E-state index contributed by atoms with van der Waals surface area (Å²) in [5, 5.41) is 0. The average Bonchev–Trinajstić information content (AvgIpc) is 2.31. The molecular weight excluding hydrogens is 266 g/mol. The van der Waals surface area contributed by atoms with E-state index in [-0.39, 0.29) is 0 Å². The van der Waals surface area contributed by atoms with Gasteiger partial charge in [-0.3, -0.25) is 0 Å². The second-order valence-corrected chi connectivity index (χ2v) is 4.81. The Bertz CT molecular complexity index is 279. The van der Waals surface area contributed by atoms with Gasteiger partial charge in [-0.05, 0) is 28.8 Å². The Morgan fingerprint density at radius 1 is 1.06 bits per heavy atom. The summed E-state index contributed by atoms with van der Waals surface area (Å²) < 4.78 is 0.933. The quantitative estimate of drug-likeness (QED) is 0.766. The Kier molecular flexibility index (Phi) is 6.38. The Balaban J connectivity index is 2.62. The number of unbranched alkanes of at least 4 members (excludes halogenated alkanes) is 2. The fourth-order valence-electron chi connectivity index (χ4n) is 1.48. The molecule has 0 saturated carbocycles. The smallest absolute Gasteiger partial charge is 0.225 e. The molecule has 16 heavy (non-hydrogen) atoms. The SMILES string of the molecule is CCCCN(CCCC)c1ncc(Br)cn1. The van der Waals surface area contributed by atoms with Crippen molar-refractivity contribution in [2.75, 3.05) is 18.0 Å². The van der Waals surface area contributed by atoms with Gasteiger partial charge < -0.3 is 4.90 Å². The molecule has 0 atom stereocenters. The molecule has 0 aliphatic rings. The van der Waals surface area contributed by atoms with Crippen LogP contribution in [0.5, 0.6) is 0 Å². The van der Waals surface area contributed by atoms with Crippen LogP contribution in [0.2, 0.25) is 0 Å². The van der Waals surface area contributed by atoms with Crippen LogP contribution >= 0.6 is 15.9 Å². The molecule has 4 heteroatoms. The Morgan fingerprint density at radius 2 is 1.56 bits per heavy atom. The molecule has 90 valence electrons. The molecule has 0 bridgehead atoms. The molecule has 0 aliphatic carbocycles. The zero-order valence-corrected chi connectivity index (χ0v) is 11.7. The lowest BCUT2D eigenvalue weighted by molar-refractivity contribution is 0.662. The molecule has 0 saturated heterocycles. The third kappa shape index (κ3) is 4.47. The van der Waals surface area contributed by atoms with Crippen LogP contribution in [0.15, 0.2) is 16.9 Å². The van der Waals surface area contributed by atoms with Crippen molar-refractivity contribution in [3.05, 3.63) is 16.9 Å². The molecule has 0 aliphatic heterocycles.